The number of fused-ring (bicyclic) bond motifs is 2. The largest absolute Gasteiger partial charge is 0.415 e. The van der Waals surface area contributed by atoms with Crippen molar-refractivity contribution in [3.8, 4) is 0 Å². The minimum atomic E-state index is -0.638. The van der Waals surface area contributed by atoms with Crippen LogP contribution in [0, 0.1) is 17.8 Å². The fraction of sp³-hybridized carbons (Fsp3) is 0.444. The number of carbonyl (C=O) groups is 2. The lowest BCUT2D eigenvalue weighted by Crippen LogP contribution is -2.44. The molecule has 116 valence electrons. The Hall–Kier alpha value is -2.10. The van der Waals surface area contributed by atoms with Crippen LogP contribution in [0.15, 0.2) is 43.0 Å². The van der Waals surface area contributed by atoms with Gasteiger partial charge in [-0.15, -0.1) is 6.58 Å². The molecule has 1 aromatic rings. The molecule has 0 spiro atoms. The number of amides is 1. The van der Waals surface area contributed by atoms with Gasteiger partial charge in [0.1, 0.15) is 0 Å². The van der Waals surface area contributed by atoms with E-state index in [1.165, 1.54) is 6.42 Å². The third kappa shape index (κ3) is 2.91. The van der Waals surface area contributed by atoms with Crippen LogP contribution in [0.5, 0.6) is 0 Å². The van der Waals surface area contributed by atoms with Gasteiger partial charge < -0.3 is 10.1 Å². The minimum absolute atomic E-state index is 0.104. The Morgan fingerprint density at radius 2 is 1.95 bits per heavy atom. The van der Waals surface area contributed by atoms with Crippen molar-refractivity contribution in [1.82, 2.24) is 5.32 Å². The van der Waals surface area contributed by atoms with Crippen LogP contribution in [0.2, 0.25) is 0 Å². The Morgan fingerprint density at radius 3 is 2.68 bits per heavy atom. The van der Waals surface area contributed by atoms with Crippen LogP contribution in [0.1, 0.15) is 36.0 Å². The second-order valence-corrected chi connectivity index (χ2v) is 6.23. The first-order chi connectivity index (χ1) is 10.7. The molecule has 0 heterocycles. The predicted octanol–water partition coefficient (Wildman–Crippen LogP) is 3.54. The van der Waals surface area contributed by atoms with Gasteiger partial charge in [0.2, 0.25) is 0 Å². The Balaban J connectivity index is 1.59. The number of allylic oxidation sites excluding steroid dienone is 1. The SMILES string of the molecule is C=CCC1C2CCC(C2)C1NC(=O)OC(=O)c1ccccc1. The molecule has 4 nitrogen and oxygen atoms in total. The van der Waals surface area contributed by atoms with E-state index < -0.39 is 12.1 Å². The molecule has 4 unspecified atom stereocenters. The van der Waals surface area contributed by atoms with Gasteiger partial charge in [-0.3, -0.25) is 0 Å². The highest BCUT2D eigenvalue weighted by Gasteiger charge is 2.47. The lowest BCUT2D eigenvalue weighted by molar-refractivity contribution is 0.0606. The quantitative estimate of drug-likeness (QED) is 0.525. The molecule has 0 saturated heterocycles. The molecule has 3 rings (SSSR count). The van der Waals surface area contributed by atoms with Gasteiger partial charge in [-0.25, -0.2) is 9.59 Å². The van der Waals surface area contributed by atoms with Gasteiger partial charge in [-0.1, -0.05) is 24.3 Å². The van der Waals surface area contributed by atoms with Crippen LogP contribution in [0.3, 0.4) is 0 Å². The van der Waals surface area contributed by atoms with E-state index in [2.05, 4.69) is 11.9 Å². The first kappa shape index (κ1) is 14.8. The molecule has 2 aliphatic rings. The van der Waals surface area contributed by atoms with Crippen LogP contribution < -0.4 is 5.32 Å². The molecule has 4 atom stereocenters. The van der Waals surface area contributed by atoms with E-state index in [1.54, 1.807) is 24.3 Å². The second-order valence-electron chi connectivity index (χ2n) is 6.23. The maximum absolute atomic E-state index is 12.0. The topological polar surface area (TPSA) is 55.4 Å². The fourth-order valence-electron chi connectivity index (χ4n) is 4.05. The maximum atomic E-state index is 12.0. The number of alkyl carbamates (subject to hydrolysis) is 1. The zero-order valence-electron chi connectivity index (χ0n) is 12.5. The number of nitrogens with one attached hydrogen (secondary N) is 1. The van der Waals surface area contributed by atoms with Gasteiger partial charge in [-0.05, 0) is 55.6 Å². The lowest BCUT2D eigenvalue weighted by atomic mass is 9.82. The Bertz CT molecular complexity index is 569. The van der Waals surface area contributed by atoms with Crippen LogP contribution in [0.4, 0.5) is 4.79 Å². The fourth-order valence-corrected chi connectivity index (χ4v) is 4.05. The van der Waals surface area contributed by atoms with E-state index >= 15 is 0 Å². The average Bonchev–Trinajstić information content (AvgIpc) is 3.11. The summed E-state index contributed by atoms with van der Waals surface area (Å²) < 4.78 is 4.92. The van der Waals surface area contributed by atoms with Gasteiger partial charge >= 0.3 is 12.1 Å². The van der Waals surface area contributed by atoms with Crippen molar-refractivity contribution in [2.75, 3.05) is 0 Å². The molecule has 2 aliphatic carbocycles. The molecule has 1 N–H and O–H groups in total. The first-order valence-corrected chi connectivity index (χ1v) is 7.87. The molecular formula is C18H21NO3. The normalized spacial score (nSPS) is 29.1. The van der Waals surface area contributed by atoms with Gasteiger partial charge in [0.05, 0.1) is 5.56 Å². The van der Waals surface area contributed by atoms with Gasteiger partial charge in [0.15, 0.2) is 0 Å². The summed E-state index contributed by atoms with van der Waals surface area (Å²) in [6.07, 6.45) is 5.73. The Morgan fingerprint density at radius 1 is 1.23 bits per heavy atom. The number of benzene rings is 1. The average molecular weight is 299 g/mol. The van der Waals surface area contributed by atoms with E-state index in [1.807, 2.05) is 12.1 Å². The molecule has 0 aliphatic heterocycles. The summed E-state index contributed by atoms with van der Waals surface area (Å²) in [6.45, 7) is 3.81. The molecule has 0 aromatic heterocycles. The van der Waals surface area contributed by atoms with Crippen molar-refractivity contribution in [3.05, 3.63) is 48.6 Å². The summed E-state index contributed by atoms with van der Waals surface area (Å²) in [5, 5.41) is 2.92. The van der Waals surface area contributed by atoms with Crippen LogP contribution >= 0.6 is 0 Å². The Kier molecular flexibility index (Phi) is 4.27. The first-order valence-electron chi connectivity index (χ1n) is 7.87. The highest BCUT2D eigenvalue weighted by molar-refractivity contribution is 5.96. The molecule has 22 heavy (non-hydrogen) atoms. The Labute approximate surface area is 130 Å². The standard InChI is InChI=1S/C18H21NO3/c1-2-6-15-13-9-10-14(11-13)16(15)19-18(21)22-17(20)12-7-4-3-5-8-12/h2-5,7-8,13-16H,1,6,9-11H2,(H,19,21). The number of carbonyl (C=O) groups excluding carboxylic acids is 2. The highest BCUT2D eigenvalue weighted by atomic mass is 16.6. The van der Waals surface area contributed by atoms with Crippen molar-refractivity contribution in [3.63, 3.8) is 0 Å². The summed E-state index contributed by atoms with van der Waals surface area (Å²) >= 11 is 0. The van der Waals surface area contributed by atoms with Crippen LogP contribution in [-0.4, -0.2) is 18.1 Å². The lowest BCUT2D eigenvalue weighted by Gasteiger charge is -2.30. The third-order valence-corrected chi connectivity index (χ3v) is 5.01. The smallest absolute Gasteiger partial charge is 0.373 e. The molecule has 1 aromatic carbocycles. The van der Waals surface area contributed by atoms with E-state index in [0.29, 0.717) is 23.3 Å². The highest BCUT2D eigenvalue weighted by Crippen LogP contribution is 2.49. The molecule has 1 amide bonds. The van der Waals surface area contributed by atoms with Gasteiger partial charge in [0.25, 0.3) is 0 Å². The van der Waals surface area contributed by atoms with Crippen molar-refractivity contribution in [2.24, 2.45) is 17.8 Å². The third-order valence-electron chi connectivity index (χ3n) is 5.01. The van der Waals surface area contributed by atoms with E-state index in [0.717, 1.165) is 19.3 Å². The minimum Gasteiger partial charge on any atom is -0.373 e. The number of hydrogen-bond donors (Lipinski definition) is 1. The number of esters is 1. The zero-order valence-corrected chi connectivity index (χ0v) is 12.5. The molecular weight excluding hydrogens is 278 g/mol. The monoisotopic (exact) mass is 299 g/mol. The van der Waals surface area contributed by atoms with Crippen molar-refractivity contribution >= 4 is 12.1 Å². The maximum Gasteiger partial charge on any atom is 0.415 e. The van der Waals surface area contributed by atoms with E-state index in [9.17, 15) is 9.59 Å². The second kappa shape index (κ2) is 6.34. The molecule has 2 bridgehead atoms. The number of rotatable bonds is 4. The number of hydrogen-bond acceptors (Lipinski definition) is 3. The summed E-state index contributed by atoms with van der Waals surface area (Å²) in [5.74, 6) is 0.990. The van der Waals surface area contributed by atoms with Crippen LogP contribution in [-0.2, 0) is 4.74 Å². The zero-order chi connectivity index (χ0) is 15.5. The van der Waals surface area contributed by atoms with Crippen LogP contribution in [0.25, 0.3) is 0 Å². The molecule has 2 fully saturated rings. The molecule has 4 heteroatoms. The van der Waals surface area contributed by atoms with Gasteiger partial charge in [0, 0.05) is 6.04 Å². The van der Waals surface area contributed by atoms with E-state index in [-0.39, 0.29) is 6.04 Å². The summed E-state index contributed by atoms with van der Waals surface area (Å²) in [6, 6.07) is 8.66. The number of ether oxygens (including phenoxy) is 1. The van der Waals surface area contributed by atoms with Gasteiger partial charge in [-0.2, -0.15) is 0 Å². The summed E-state index contributed by atoms with van der Waals surface area (Å²) in [4.78, 5) is 23.9. The molecule has 0 radical (unpaired) electrons. The predicted molar refractivity (Wildman–Crippen MR) is 83.3 cm³/mol. The summed E-state index contributed by atoms with van der Waals surface area (Å²) in [7, 11) is 0. The van der Waals surface area contributed by atoms with E-state index in [4.69, 9.17) is 4.74 Å². The van der Waals surface area contributed by atoms with Crippen molar-refractivity contribution in [1.29, 1.82) is 0 Å². The summed E-state index contributed by atoms with van der Waals surface area (Å²) in [5.41, 5.74) is 0.383. The van der Waals surface area contributed by atoms with Crippen molar-refractivity contribution < 1.29 is 14.3 Å². The molecule has 2 saturated carbocycles. The van der Waals surface area contributed by atoms with Crippen molar-refractivity contribution in [2.45, 2.75) is 31.7 Å².